The second-order valence-electron chi connectivity index (χ2n) is 5.86. The highest BCUT2D eigenvalue weighted by molar-refractivity contribution is 8.00. The van der Waals surface area contributed by atoms with Gasteiger partial charge in [-0.1, -0.05) is 30.7 Å². The Kier molecular flexibility index (Phi) is 4.03. The monoisotopic (exact) mass is 290 g/mol. The summed E-state index contributed by atoms with van der Waals surface area (Å²) in [6.45, 7) is 1.61. The number of thioether (sulfide) groups is 1. The number of hydrogen-bond donors (Lipinski definition) is 2. The lowest BCUT2D eigenvalue weighted by molar-refractivity contribution is -0.123. The Morgan fingerprint density at radius 2 is 2.15 bits per heavy atom. The predicted molar refractivity (Wildman–Crippen MR) is 83.9 cm³/mol. The first kappa shape index (κ1) is 14.0. The summed E-state index contributed by atoms with van der Waals surface area (Å²) in [5.41, 5.74) is 2.62. The van der Waals surface area contributed by atoms with Gasteiger partial charge in [-0.3, -0.25) is 4.79 Å². The molecule has 1 aromatic carbocycles. The Balaban J connectivity index is 1.56. The molecule has 1 aliphatic heterocycles. The third-order valence-corrected chi connectivity index (χ3v) is 6.10. The van der Waals surface area contributed by atoms with Gasteiger partial charge in [0, 0.05) is 17.8 Å². The maximum atomic E-state index is 12.3. The molecule has 3 nitrogen and oxygen atoms in total. The van der Waals surface area contributed by atoms with Crippen LogP contribution in [0.1, 0.15) is 30.4 Å². The zero-order chi connectivity index (χ0) is 14.0. The minimum absolute atomic E-state index is 0.0797. The van der Waals surface area contributed by atoms with Crippen LogP contribution in [-0.4, -0.2) is 29.5 Å². The fourth-order valence-corrected chi connectivity index (χ4v) is 3.95. The molecule has 2 N–H and O–H groups in total. The van der Waals surface area contributed by atoms with E-state index in [9.17, 15) is 4.79 Å². The summed E-state index contributed by atoms with van der Waals surface area (Å²) >= 11 is 1.90. The lowest BCUT2D eigenvalue weighted by Gasteiger charge is -2.40. The molecule has 1 aromatic rings. The largest absolute Gasteiger partial charge is 0.353 e. The van der Waals surface area contributed by atoms with E-state index in [0.29, 0.717) is 4.75 Å². The van der Waals surface area contributed by atoms with Crippen molar-refractivity contribution in [3.63, 3.8) is 0 Å². The van der Waals surface area contributed by atoms with E-state index in [1.807, 2.05) is 11.8 Å². The highest BCUT2D eigenvalue weighted by atomic mass is 32.2. The summed E-state index contributed by atoms with van der Waals surface area (Å²) in [5.74, 6) is 0.153. The topological polar surface area (TPSA) is 41.1 Å². The molecule has 0 radical (unpaired) electrons. The van der Waals surface area contributed by atoms with Crippen molar-refractivity contribution >= 4 is 17.7 Å². The van der Waals surface area contributed by atoms with Gasteiger partial charge in [0.2, 0.25) is 5.91 Å². The van der Waals surface area contributed by atoms with Gasteiger partial charge in [0.05, 0.1) is 6.04 Å². The summed E-state index contributed by atoms with van der Waals surface area (Å²) in [5, 5.41) is 6.50. The highest BCUT2D eigenvalue weighted by Gasteiger charge is 2.37. The zero-order valence-electron chi connectivity index (χ0n) is 11.9. The average molecular weight is 290 g/mol. The van der Waals surface area contributed by atoms with Crippen molar-refractivity contribution in [1.82, 2.24) is 10.6 Å². The van der Waals surface area contributed by atoms with Gasteiger partial charge in [0.1, 0.15) is 0 Å². The number of fused-ring (bicyclic) bond motifs is 1. The fourth-order valence-electron chi connectivity index (χ4n) is 3.04. The first-order valence-electron chi connectivity index (χ1n) is 7.35. The summed E-state index contributed by atoms with van der Waals surface area (Å²) < 4.78 is 0.308. The van der Waals surface area contributed by atoms with Crippen LogP contribution in [0.25, 0.3) is 0 Å². The normalized spacial score (nSPS) is 23.6. The Labute approximate surface area is 124 Å². The molecule has 4 heteroatoms. The van der Waals surface area contributed by atoms with Crippen LogP contribution >= 0.6 is 11.8 Å². The molecule has 1 fully saturated rings. The standard InChI is InChI=1S/C16H22N2OS/c1-20-16(7-4-8-16)11-18-15(19)14-9-12-5-2-3-6-13(12)10-17-14/h2-3,5-6,14,17H,4,7-11H2,1H3,(H,18,19). The molecule has 0 aromatic heterocycles. The predicted octanol–water partition coefficient (Wildman–Crippen LogP) is 2.10. The maximum absolute atomic E-state index is 12.3. The van der Waals surface area contributed by atoms with E-state index in [1.54, 1.807) is 0 Å². The van der Waals surface area contributed by atoms with Crippen LogP contribution in [0.15, 0.2) is 24.3 Å². The van der Waals surface area contributed by atoms with Crippen LogP contribution < -0.4 is 10.6 Å². The van der Waals surface area contributed by atoms with Gasteiger partial charge in [-0.25, -0.2) is 0 Å². The van der Waals surface area contributed by atoms with Crippen molar-refractivity contribution in [3.05, 3.63) is 35.4 Å². The van der Waals surface area contributed by atoms with Crippen molar-refractivity contribution in [1.29, 1.82) is 0 Å². The molecule has 2 aliphatic rings. The molecule has 1 unspecified atom stereocenters. The van der Waals surface area contributed by atoms with Crippen molar-refractivity contribution in [2.45, 2.75) is 43.0 Å². The van der Waals surface area contributed by atoms with Crippen molar-refractivity contribution in [2.24, 2.45) is 0 Å². The average Bonchev–Trinajstić information content (AvgIpc) is 2.46. The molecule has 3 rings (SSSR count). The number of carbonyl (C=O) groups excluding carboxylic acids is 1. The molecule has 1 aliphatic carbocycles. The summed E-state index contributed by atoms with van der Waals surface area (Å²) in [7, 11) is 0. The van der Waals surface area contributed by atoms with E-state index >= 15 is 0 Å². The Bertz CT molecular complexity index is 493. The molecule has 108 valence electrons. The smallest absolute Gasteiger partial charge is 0.237 e. The van der Waals surface area contributed by atoms with Crippen LogP contribution in [0, 0.1) is 0 Å². The number of nitrogens with one attached hydrogen (secondary N) is 2. The van der Waals surface area contributed by atoms with Gasteiger partial charge in [0.25, 0.3) is 0 Å². The van der Waals surface area contributed by atoms with E-state index in [2.05, 4.69) is 41.2 Å². The third kappa shape index (κ3) is 2.72. The Morgan fingerprint density at radius 3 is 2.80 bits per heavy atom. The maximum Gasteiger partial charge on any atom is 0.237 e. The number of hydrogen-bond acceptors (Lipinski definition) is 3. The molecule has 0 spiro atoms. The summed E-state index contributed by atoms with van der Waals surface area (Å²) in [6, 6.07) is 8.29. The zero-order valence-corrected chi connectivity index (χ0v) is 12.8. The van der Waals surface area contributed by atoms with Crippen LogP contribution in [0.4, 0.5) is 0 Å². The Morgan fingerprint density at radius 1 is 1.40 bits per heavy atom. The number of amides is 1. The van der Waals surface area contributed by atoms with E-state index in [0.717, 1.165) is 19.5 Å². The van der Waals surface area contributed by atoms with Crippen molar-refractivity contribution in [2.75, 3.05) is 12.8 Å². The molecule has 1 amide bonds. The fraction of sp³-hybridized carbons (Fsp3) is 0.562. The molecule has 20 heavy (non-hydrogen) atoms. The first-order valence-corrected chi connectivity index (χ1v) is 8.58. The van der Waals surface area contributed by atoms with Crippen LogP contribution in [0.3, 0.4) is 0 Å². The SMILES string of the molecule is CSC1(CNC(=O)C2Cc3ccccc3CN2)CCC1. The van der Waals surface area contributed by atoms with E-state index in [4.69, 9.17) is 0 Å². The molecule has 1 atom stereocenters. The lowest BCUT2D eigenvalue weighted by Crippen LogP contribution is -2.52. The van der Waals surface area contributed by atoms with Gasteiger partial charge in [-0.2, -0.15) is 11.8 Å². The molecule has 1 heterocycles. The second-order valence-corrected chi connectivity index (χ2v) is 7.14. The van der Waals surface area contributed by atoms with Gasteiger partial charge in [-0.05, 0) is 36.6 Å². The number of carbonyl (C=O) groups is 1. The van der Waals surface area contributed by atoms with Gasteiger partial charge >= 0.3 is 0 Å². The molecular weight excluding hydrogens is 268 g/mol. The molecule has 0 saturated heterocycles. The van der Waals surface area contributed by atoms with Gasteiger partial charge < -0.3 is 10.6 Å². The van der Waals surface area contributed by atoms with Crippen molar-refractivity contribution in [3.8, 4) is 0 Å². The quantitative estimate of drug-likeness (QED) is 0.892. The van der Waals surface area contributed by atoms with E-state index in [1.165, 1.54) is 30.4 Å². The minimum atomic E-state index is -0.0797. The van der Waals surface area contributed by atoms with Gasteiger partial charge in [-0.15, -0.1) is 0 Å². The van der Waals surface area contributed by atoms with E-state index in [-0.39, 0.29) is 11.9 Å². The Hall–Kier alpha value is -1.00. The summed E-state index contributed by atoms with van der Waals surface area (Å²) in [6.07, 6.45) is 6.71. The van der Waals surface area contributed by atoms with Gasteiger partial charge in [0.15, 0.2) is 0 Å². The third-order valence-electron chi connectivity index (χ3n) is 4.68. The number of rotatable bonds is 4. The summed E-state index contributed by atoms with van der Waals surface area (Å²) in [4.78, 5) is 12.3. The second kappa shape index (κ2) is 5.78. The first-order chi connectivity index (χ1) is 9.72. The molecule has 1 saturated carbocycles. The van der Waals surface area contributed by atoms with Crippen LogP contribution in [0.2, 0.25) is 0 Å². The van der Waals surface area contributed by atoms with E-state index < -0.39 is 0 Å². The van der Waals surface area contributed by atoms with Crippen LogP contribution in [-0.2, 0) is 17.8 Å². The number of benzene rings is 1. The molecule has 0 bridgehead atoms. The minimum Gasteiger partial charge on any atom is -0.353 e. The van der Waals surface area contributed by atoms with Crippen LogP contribution in [0.5, 0.6) is 0 Å². The lowest BCUT2D eigenvalue weighted by atomic mass is 9.84. The van der Waals surface area contributed by atoms with Crippen molar-refractivity contribution < 1.29 is 4.79 Å². The molecular formula is C16H22N2OS. The highest BCUT2D eigenvalue weighted by Crippen LogP contribution is 2.42.